The number of carbonyl (C=O) groups is 1. The third-order valence-electron chi connectivity index (χ3n) is 9.38. The summed E-state index contributed by atoms with van der Waals surface area (Å²) in [5.41, 5.74) is 3.54. The lowest BCUT2D eigenvalue weighted by Gasteiger charge is -2.41. The number of primary amides is 1. The lowest BCUT2D eigenvalue weighted by molar-refractivity contribution is -0.257. The molecule has 0 spiro atoms. The van der Waals surface area contributed by atoms with E-state index < -0.39 is 66.3 Å². The zero-order chi connectivity index (χ0) is 31.0. The highest BCUT2D eigenvalue weighted by Gasteiger charge is 2.78. The summed E-state index contributed by atoms with van der Waals surface area (Å²) in [6.45, 7) is -0.573. The van der Waals surface area contributed by atoms with Crippen LogP contribution < -0.4 is 24.7 Å². The number of hydrogen-bond donors (Lipinski definition) is 5. The molecule has 0 radical (unpaired) electrons. The Morgan fingerprint density at radius 1 is 1.09 bits per heavy atom. The van der Waals surface area contributed by atoms with E-state index in [4.69, 9.17) is 34.2 Å². The second kappa shape index (κ2) is 10.3. The van der Waals surface area contributed by atoms with Crippen LogP contribution >= 0.6 is 0 Å². The maximum Gasteiger partial charge on any atom is 0.231 e. The molecular weight excluding hydrogens is 574 g/mol. The Morgan fingerprint density at radius 3 is 2.45 bits per heavy atom. The molecule has 1 saturated carbocycles. The fourth-order valence-corrected chi connectivity index (χ4v) is 7.48. The van der Waals surface area contributed by atoms with Crippen LogP contribution in [0.3, 0.4) is 0 Å². The molecule has 3 heterocycles. The molecule has 1 aliphatic carbocycles. The van der Waals surface area contributed by atoms with Crippen molar-refractivity contribution in [3.05, 3.63) is 82.9 Å². The summed E-state index contributed by atoms with van der Waals surface area (Å²) in [4.78, 5) is 13.1. The molecule has 232 valence electrons. The minimum absolute atomic E-state index is 0.0507. The third-order valence-corrected chi connectivity index (χ3v) is 9.38. The van der Waals surface area contributed by atoms with E-state index in [0.717, 1.165) is 0 Å². The average molecular weight is 608 g/mol. The van der Waals surface area contributed by atoms with E-state index in [0.29, 0.717) is 28.2 Å². The van der Waals surface area contributed by atoms with Gasteiger partial charge in [-0.05, 0) is 23.3 Å². The van der Waals surface area contributed by atoms with Crippen LogP contribution in [0.25, 0.3) is 0 Å². The summed E-state index contributed by atoms with van der Waals surface area (Å²) in [6, 6.07) is 17.4. The Kier molecular flexibility index (Phi) is 6.77. The summed E-state index contributed by atoms with van der Waals surface area (Å²) >= 11 is 0. The maximum absolute atomic E-state index is 13.1. The highest BCUT2D eigenvalue weighted by molar-refractivity contribution is 5.82. The van der Waals surface area contributed by atoms with E-state index in [9.17, 15) is 25.2 Å². The maximum atomic E-state index is 13.1. The lowest BCUT2D eigenvalue weighted by atomic mass is 9.70. The fraction of sp³-hybridized carbons (Fsp3) is 0.406. The number of ether oxygens (including phenoxy) is 6. The first-order chi connectivity index (χ1) is 21.2. The van der Waals surface area contributed by atoms with Crippen LogP contribution in [0.5, 0.6) is 23.0 Å². The molecule has 1 amide bonds. The molecule has 0 bridgehead atoms. The van der Waals surface area contributed by atoms with Gasteiger partial charge in [-0.15, -0.1) is 0 Å². The smallest absolute Gasteiger partial charge is 0.231 e. The Bertz CT molecular complexity index is 1580. The number of amides is 1. The second-order valence-electron chi connectivity index (χ2n) is 11.5. The average Bonchev–Trinajstić information content (AvgIpc) is 3.61. The number of aliphatic hydroxyl groups excluding tert-OH is 3. The predicted octanol–water partition coefficient (Wildman–Crippen LogP) is 0.967. The van der Waals surface area contributed by atoms with Crippen molar-refractivity contribution in [2.24, 2.45) is 11.7 Å². The van der Waals surface area contributed by atoms with Crippen LogP contribution in [0.2, 0.25) is 0 Å². The number of aliphatic hydroxyl groups is 4. The summed E-state index contributed by atoms with van der Waals surface area (Å²) in [5.74, 6) is -1.88. The molecule has 2 fully saturated rings. The van der Waals surface area contributed by atoms with Gasteiger partial charge in [-0.25, -0.2) is 0 Å². The van der Waals surface area contributed by atoms with Crippen molar-refractivity contribution in [3.8, 4) is 23.0 Å². The minimum atomic E-state index is -2.26. The van der Waals surface area contributed by atoms with Gasteiger partial charge in [-0.3, -0.25) is 4.79 Å². The Labute approximate surface area is 252 Å². The molecule has 0 unspecified atom stereocenters. The van der Waals surface area contributed by atoms with Gasteiger partial charge in [0.15, 0.2) is 17.3 Å². The van der Waals surface area contributed by atoms with E-state index >= 15 is 0 Å². The summed E-state index contributed by atoms with van der Waals surface area (Å²) in [7, 11) is 2.94. The molecule has 0 aromatic heterocycles. The van der Waals surface area contributed by atoms with Crippen LogP contribution in [0, 0.1) is 5.92 Å². The third kappa shape index (κ3) is 3.69. The molecule has 3 aliphatic heterocycles. The first-order valence-electron chi connectivity index (χ1n) is 14.3. The molecule has 4 aliphatic rings. The highest BCUT2D eigenvalue weighted by Crippen LogP contribution is 2.71. The molecule has 12 nitrogen and oxygen atoms in total. The molecule has 3 aromatic rings. The standard InChI is InChI=1S/C32H33NO11/c1-39-17-10-8-16(9-11-17)32-24(15-6-4-3-5-7-15)23(29(33)37)28(36)31(32,38)25-20(44-32)12-19-22(26(25)40-2)27-30(42-19)43-21(14-41-27)18(35)13-34/h3-12,18,21,23-24,27-28,30,34-36,38H,13-14H2,1-2H3,(H2,33,37)/t18-,21+,23+,24+,27-,28+,30-,31-,32-/m0/s1. The van der Waals surface area contributed by atoms with Gasteiger partial charge < -0.3 is 54.6 Å². The van der Waals surface area contributed by atoms with Crippen LogP contribution in [-0.4, -0.2) is 78.4 Å². The van der Waals surface area contributed by atoms with Gasteiger partial charge in [0.2, 0.25) is 12.2 Å². The van der Waals surface area contributed by atoms with Crippen molar-refractivity contribution < 1.29 is 53.6 Å². The predicted molar refractivity (Wildman–Crippen MR) is 151 cm³/mol. The first kappa shape index (κ1) is 28.8. The topological polar surface area (TPSA) is 179 Å². The second-order valence-corrected chi connectivity index (χ2v) is 11.5. The molecule has 6 N–H and O–H groups in total. The Morgan fingerprint density at radius 2 is 1.82 bits per heavy atom. The number of nitrogens with two attached hydrogens (primary N) is 1. The molecular formula is C32H33NO11. The van der Waals surface area contributed by atoms with Crippen molar-refractivity contribution in [1.29, 1.82) is 0 Å². The van der Waals surface area contributed by atoms with Crippen molar-refractivity contribution in [2.45, 2.75) is 47.8 Å². The molecule has 3 aromatic carbocycles. The van der Waals surface area contributed by atoms with Crippen molar-refractivity contribution in [1.82, 2.24) is 0 Å². The Hall–Kier alpha value is -3.91. The van der Waals surface area contributed by atoms with Crippen LogP contribution in [0.15, 0.2) is 60.7 Å². The van der Waals surface area contributed by atoms with Gasteiger partial charge in [0, 0.05) is 12.0 Å². The minimum Gasteiger partial charge on any atom is -0.497 e. The van der Waals surface area contributed by atoms with Crippen LogP contribution in [0.1, 0.15) is 34.3 Å². The number of benzene rings is 3. The molecule has 44 heavy (non-hydrogen) atoms. The Balaban J connectivity index is 1.45. The molecule has 7 rings (SSSR count). The quantitative estimate of drug-likeness (QED) is 0.258. The van der Waals surface area contributed by atoms with Crippen molar-refractivity contribution in [3.63, 3.8) is 0 Å². The SMILES string of the molecule is COc1ccc([C@@]23Oc4cc5c(c(OC)c4[C@]2(O)[C@H](O)[C@H](C(N)=O)[C@H]3c2ccccc2)[C@@H]2OC[C@H]([C@@H](O)CO)O[C@@H]2O5)cc1. The van der Waals surface area contributed by atoms with Gasteiger partial charge in [0.05, 0.1) is 44.5 Å². The van der Waals surface area contributed by atoms with E-state index in [2.05, 4.69) is 0 Å². The van der Waals surface area contributed by atoms with Gasteiger partial charge in [-0.1, -0.05) is 42.5 Å². The zero-order valence-corrected chi connectivity index (χ0v) is 24.0. The number of fused-ring (bicyclic) bond motifs is 6. The summed E-state index contributed by atoms with van der Waals surface area (Å²) in [5, 5.41) is 44.6. The van der Waals surface area contributed by atoms with Crippen molar-refractivity contribution in [2.75, 3.05) is 27.4 Å². The molecule has 12 heteroatoms. The highest BCUT2D eigenvalue weighted by atomic mass is 16.7. The van der Waals surface area contributed by atoms with Crippen molar-refractivity contribution >= 4 is 5.91 Å². The monoisotopic (exact) mass is 607 g/mol. The number of methoxy groups -OCH3 is 2. The largest absolute Gasteiger partial charge is 0.497 e. The van der Waals surface area contributed by atoms with Gasteiger partial charge >= 0.3 is 0 Å². The molecule has 9 atom stereocenters. The number of carbonyl (C=O) groups excluding carboxylic acids is 1. The lowest BCUT2D eigenvalue weighted by Crippen LogP contribution is -2.52. The zero-order valence-electron chi connectivity index (χ0n) is 24.0. The fourth-order valence-electron chi connectivity index (χ4n) is 7.48. The number of rotatable bonds is 7. The normalized spacial score (nSPS) is 33.7. The van der Waals surface area contributed by atoms with E-state index in [1.807, 2.05) is 6.07 Å². The molecule has 1 saturated heterocycles. The van der Waals surface area contributed by atoms with Gasteiger partial charge in [0.25, 0.3) is 0 Å². The van der Waals surface area contributed by atoms with Gasteiger partial charge in [-0.2, -0.15) is 0 Å². The van der Waals surface area contributed by atoms with Gasteiger partial charge in [0.1, 0.15) is 41.3 Å². The van der Waals surface area contributed by atoms with Crippen LogP contribution in [-0.2, 0) is 25.5 Å². The summed E-state index contributed by atoms with van der Waals surface area (Å²) < 4.78 is 36.2. The first-order valence-corrected chi connectivity index (χ1v) is 14.3. The van der Waals surface area contributed by atoms with E-state index in [1.165, 1.54) is 14.2 Å². The van der Waals surface area contributed by atoms with Crippen LogP contribution in [0.4, 0.5) is 0 Å². The van der Waals surface area contributed by atoms with E-state index in [-0.39, 0.29) is 23.7 Å². The number of hydrogen-bond acceptors (Lipinski definition) is 11. The van der Waals surface area contributed by atoms with E-state index in [1.54, 1.807) is 54.6 Å². The summed E-state index contributed by atoms with van der Waals surface area (Å²) in [6.07, 6.45) is -5.57.